The number of nitriles is 3. The highest BCUT2D eigenvalue weighted by molar-refractivity contribution is 5.74. The van der Waals surface area contributed by atoms with Crippen molar-refractivity contribution in [3.8, 4) is 29.7 Å². The lowest BCUT2D eigenvalue weighted by Gasteiger charge is -2.45. The van der Waals surface area contributed by atoms with Crippen LogP contribution in [0.15, 0.2) is 41.1 Å². The molecule has 0 saturated heterocycles. The van der Waals surface area contributed by atoms with Gasteiger partial charge in [0.15, 0.2) is 16.9 Å². The summed E-state index contributed by atoms with van der Waals surface area (Å²) in [6.07, 6.45) is 2.62. The number of hydrogen-bond acceptors (Lipinski definition) is 7. The van der Waals surface area contributed by atoms with E-state index < -0.39 is 17.3 Å². The van der Waals surface area contributed by atoms with Gasteiger partial charge >= 0.3 is 0 Å². The molecule has 2 aliphatic rings. The van der Waals surface area contributed by atoms with Crippen LogP contribution in [0.2, 0.25) is 0 Å². The lowest BCUT2D eigenvalue weighted by Crippen LogP contribution is -2.48. The van der Waals surface area contributed by atoms with Crippen molar-refractivity contribution in [1.82, 2.24) is 4.90 Å². The van der Waals surface area contributed by atoms with Crippen molar-refractivity contribution in [3.05, 3.63) is 46.7 Å². The molecule has 164 valence electrons. The molecule has 0 spiro atoms. The molecule has 1 aromatic rings. The van der Waals surface area contributed by atoms with E-state index in [0.717, 1.165) is 6.42 Å². The Hall–Kier alpha value is -3.96. The molecule has 1 aromatic carbocycles. The zero-order valence-electron chi connectivity index (χ0n) is 18.4. The van der Waals surface area contributed by atoms with Crippen LogP contribution < -0.4 is 15.2 Å². The molecule has 8 heteroatoms. The van der Waals surface area contributed by atoms with Crippen LogP contribution in [-0.2, 0) is 4.79 Å². The fourth-order valence-corrected chi connectivity index (χ4v) is 4.52. The molecule has 1 heterocycles. The fourth-order valence-electron chi connectivity index (χ4n) is 4.52. The summed E-state index contributed by atoms with van der Waals surface area (Å²) in [7, 11) is 1.52. The summed E-state index contributed by atoms with van der Waals surface area (Å²) >= 11 is 0. The molecule has 0 fully saturated rings. The molecule has 1 aliphatic heterocycles. The molecule has 0 bridgehead atoms. The van der Waals surface area contributed by atoms with Gasteiger partial charge in [-0.1, -0.05) is 19.1 Å². The van der Waals surface area contributed by atoms with Crippen LogP contribution in [0, 0.1) is 45.3 Å². The number of ether oxygens (including phenoxy) is 2. The number of allylic oxidation sites excluding steroid dienone is 2. The second-order valence-electron chi connectivity index (χ2n) is 7.86. The summed E-state index contributed by atoms with van der Waals surface area (Å²) in [5.74, 6) is -0.266. The molecule has 1 aliphatic carbocycles. The summed E-state index contributed by atoms with van der Waals surface area (Å²) in [4.78, 5) is 13.7. The van der Waals surface area contributed by atoms with E-state index in [9.17, 15) is 20.6 Å². The summed E-state index contributed by atoms with van der Waals surface area (Å²) in [6.45, 7) is 4.59. The second kappa shape index (κ2) is 9.04. The highest BCUT2D eigenvalue weighted by atomic mass is 16.5. The number of nitrogens with two attached hydrogens (primary N) is 1. The first-order chi connectivity index (χ1) is 15.4. The van der Waals surface area contributed by atoms with Crippen LogP contribution in [0.3, 0.4) is 0 Å². The van der Waals surface area contributed by atoms with E-state index in [1.54, 1.807) is 29.2 Å². The van der Waals surface area contributed by atoms with Gasteiger partial charge in [0.05, 0.1) is 37.1 Å². The van der Waals surface area contributed by atoms with Gasteiger partial charge in [0.2, 0.25) is 5.91 Å². The Kier molecular flexibility index (Phi) is 6.42. The lowest BCUT2D eigenvalue weighted by molar-refractivity contribution is -0.129. The van der Waals surface area contributed by atoms with Crippen molar-refractivity contribution in [2.75, 3.05) is 26.8 Å². The number of nitrogens with zero attached hydrogens (tertiary/aromatic N) is 4. The normalized spacial score (nSPS) is 21.4. The molecule has 3 rings (SSSR count). The lowest BCUT2D eigenvalue weighted by atomic mass is 9.58. The van der Waals surface area contributed by atoms with Crippen molar-refractivity contribution >= 4 is 5.91 Å². The number of amides is 1. The summed E-state index contributed by atoms with van der Waals surface area (Å²) in [5, 5.41) is 30.1. The summed E-state index contributed by atoms with van der Waals surface area (Å²) in [6, 6.07) is 11.6. The molecule has 2 N–H and O–H groups in total. The van der Waals surface area contributed by atoms with Gasteiger partial charge in [0.1, 0.15) is 6.07 Å². The smallest absolute Gasteiger partial charge is 0.219 e. The number of fused-ring (bicyclic) bond motifs is 1. The summed E-state index contributed by atoms with van der Waals surface area (Å²) < 4.78 is 11.2. The maximum Gasteiger partial charge on any atom is 0.219 e. The highest BCUT2D eigenvalue weighted by Crippen LogP contribution is 2.54. The topological polar surface area (TPSA) is 136 Å². The SMILES string of the molecule is CCCOc1ccc(C2C3CN(C(C)=O)CC=C3C(C#N)=C(N)C2(C#N)C#N)cc1OC. The average Bonchev–Trinajstić information content (AvgIpc) is 2.81. The van der Waals surface area contributed by atoms with Crippen LogP contribution >= 0.6 is 0 Å². The highest BCUT2D eigenvalue weighted by Gasteiger charge is 2.54. The molecule has 0 radical (unpaired) electrons. The number of rotatable bonds is 5. The van der Waals surface area contributed by atoms with Crippen LogP contribution in [0.1, 0.15) is 31.7 Å². The Morgan fingerprint density at radius 3 is 2.56 bits per heavy atom. The van der Waals surface area contributed by atoms with E-state index in [-0.39, 0.29) is 23.7 Å². The van der Waals surface area contributed by atoms with Crippen molar-refractivity contribution < 1.29 is 14.3 Å². The molecule has 8 nitrogen and oxygen atoms in total. The molecule has 1 amide bonds. The first-order valence-corrected chi connectivity index (χ1v) is 10.4. The van der Waals surface area contributed by atoms with E-state index in [1.165, 1.54) is 14.0 Å². The number of carbonyl (C=O) groups is 1. The maximum atomic E-state index is 12.1. The third-order valence-electron chi connectivity index (χ3n) is 6.12. The minimum absolute atomic E-state index is 0.0564. The second-order valence-corrected chi connectivity index (χ2v) is 7.86. The monoisotopic (exact) mass is 431 g/mol. The minimum Gasteiger partial charge on any atom is -0.493 e. The van der Waals surface area contributed by atoms with Crippen LogP contribution in [0.4, 0.5) is 0 Å². The fraction of sp³-hybridized carbons (Fsp3) is 0.417. The van der Waals surface area contributed by atoms with E-state index >= 15 is 0 Å². The van der Waals surface area contributed by atoms with Gasteiger partial charge in [0, 0.05) is 31.8 Å². The zero-order chi connectivity index (χ0) is 23.5. The van der Waals surface area contributed by atoms with Crippen molar-refractivity contribution in [3.63, 3.8) is 0 Å². The largest absolute Gasteiger partial charge is 0.493 e. The maximum absolute atomic E-state index is 12.1. The Morgan fingerprint density at radius 1 is 1.28 bits per heavy atom. The van der Waals surface area contributed by atoms with E-state index in [2.05, 4.69) is 18.2 Å². The van der Waals surface area contributed by atoms with E-state index in [1.807, 2.05) is 6.92 Å². The Balaban J connectivity index is 2.25. The Labute approximate surface area is 187 Å². The molecular weight excluding hydrogens is 406 g/mol. The molecule has 0 aromatic heterocycles. The van der Waals surface area contributed by atoms with Crippen molar-refractivity contribution in [1.29, 1.82) is 15.8 Å². The van der Waals surface area contributed by atoms with Gasteiger partial charge in [-0.15, -0.1) is 0 Å². The summed E-state index contributed by atoms with van der Waals surface area (Å²) in [5.41, 5.74) is 5.95. The first kappa shape index (κ1) is 22.7. The molecule has 2 atom stereocenters. The molecular formula is C24H25N5O3. The van der Waals surface area contributed by atoms with Gasteiger partial charge in [-0.05, 0) is 29.7 Å². The molecule has 32 heavy (non-hydrogen) atoms. The Bertz CT molecular complexity index is 1100. The predicted octanol–water partition coefficient (Wildman–Crippen LogP) is 2.76. The van der Waals surface area contributed by atoms with Crippen LogP contribution in [0.25, 0.3) is 0 Å². The number of hydrogen-bond donors (Lipinski definition) is 1. The van der Waals surface area contributed by atoms with Gasteiger partial charge < -0.3 is 20.1 Å². The average molecular weight is 431 g/mol. The van der Waals surface area contributed by atoms with Crippen LogP contribution in [0.5, 0.6) is 11.5 Å². The van der Waals surface area contributed by atoms with Gasteiger partial charge in [-0.3, -0.25) is 4.79 Å². The third kappa shape index (κ3) is 3.53. The van der Waals surface area contributed by atoms with E-state index in [0.29, 0.717) is 35.8 Å². The molecule has 0 saturated carbocycles. The van der Waals surface area contributed by atoms with Crippen LogP contribution in [-0.4, -0.2) is 37.6 Å². The number of benzene rings is 1. The van der Waals surface area contributed by atoms with Crippen molar-refractivity contribution in [2.45, 2.75) is 26.2 Å². The van der Waals surface area contributed by atoms with Gasteiger partial charge in [-0.25, -0.2) is 0 Å². The first-order valence-electron chi connectivity index (χ1n) is 10.4. The minimum atomic E-state index is -1.77. The van der Waals surface area contributed by atoms with E-state index in [4.69, 9.17) is 15.2 Å². The van der Waals surface area contributed by atoms with Gasteiger partial charge in [0.25, 0.3) is 0 Å². The van der Waals surface area contributed by atoms with Crippen molar-refractivity contribution in [2.24, 2.45) is 17.1 Å². The van der Waals surface area contributed by atoms with Gasteiger partial charge in [-0.2, -0.15) is 15.8 Å². The predicted molar refractivity (Wildman–Crippen MR) is 116 cm³/mol. The third-order valence-corrected chi connectivity index (χ3v) is 6.12. The zero-order valence-corrected chi connectivity index (χ0v) is 18.4. The number of carbonyl (C=O) groups excluding carboxylic acids is 1. The standard InChI is InChI=1S/C24H25N5O3/c1-4-9-32-20-6-5-16(10-21(20)31-3)22-19-12-29(15(2)30)8-7-17(19)18(11-25)23(28)24(22,13-26)14-27/h5-7,10,19,22H,4,8-9,12,28H2,1-3H3. The molecule has 2 unspecified atom stereocenters. The quantitative estimate of drug-likeness (QED) is 0.757. The number of methoxy groups -OCH3 is 1. The Morgan fingerprint density at radius 2 is 2.00 bits per heavy atom.